The highest BCUT2D eigenvalue weighted by Crippen LogP contribution is 2.43. The Bertz CT molecular complexity index is 3430. The van der Waals surface area contributed by atoms with Crippen molar-refractivity contribution in [1.29, 1.82) is 0 Å². The third kappa shape index (κ3) is 4.87. The number of fused-ring (bicyclic) bond motifs is 10. The van der Waals surface area contributed by atoms with Crippen molar-refractivity contribution in [2.24, 2.45) is 0 Å². The summed E-state index contributed by atoms with van der Waals surface area (Å²) < 4.78 is 11.4. The van der Waals surface area contributed by atoms with Crippen LogP contribution in [0.1, 0.15) is 0 Å². The average molecular weight is 730 g/mol. The molecule has 0 amide bonds. The van der Waals surface area contributed by atoms with Gasteiger partial charge in [0.25, 0.3) is 0 Å². The second-order valence-corrected chi connectivity index (χ2v) is 14.4. The van der Waals surface area contributed by atoms with Crippen LogP contribution in [-0.2, 0) is 0 Å². The highest BCUT2D eigenvalue weighted by molar-refractivity contribution is 6.24. The van der Waals surface area contributed by atoms with E-state index in [1.807, 2.05) is 66.7 Å². The molecule has 0 spiro atoms. The summed E-state index contributed by atoms with van der Waals surface area (Å²) in [4.78, 5) is 14.9. The standard InChI is InChI=1S/C51H31N5O/c1-4-14-32(15-5-1)49-52-50(33-16-6-2-7-17-33)54-51(53-49)34-24-26-36(27-25-34)55-43-22-12-10-20-37(43)41-30-42-39-28-29-40-38-21-11-13-23-46(38)57-48(40)47(39)56(45(42)31-44(41)55)35-18-8-3-9-19-35/h1-31H. The first-order chi connectivity index (χ1) is 28.3. The number of benzene rings is 8. The van der Waals surface area contributed by atoms with E-state index in [1.165, 1.54) is 16.2 Å². The van der Waals surface area contributed by atoms with Crippen molar-refractivity contribution in [3.8, 4) is 45.5 Å². The molecule has 266 valence electrons. The number of nitrogens with zero attached hydrogens (tertiary/aromatic N) is 5. The molecule has 6 heteroatoms. The largest absolute Gasteiger partial charge is 0.454 e. The van der Waals surface area contributed by atoms with Crippen molar-refractivity contribution in [2.75, 3.05) is 0 Å². The van der Waals surface area contributed by atoms with Gasteiger partial charge in [-0.2, -0.15) is 0 Å². The molecular formula is C51H31N5O. The highest BCUT2D eigenvalue weighted by atomic mass is 16.3. The average Bonchev–Trinajstić information content (AvgIpc) is 3.94. The van der Waals surface area contributed by atoms with Crippen LogP contribution in [0.5, 0.6) is 0 Å². The van der Waals surface area contributed by atoms with Gasteiger partial charge in [0.1, 0.15) is 5.58 Å². The highest BCUT2D eigenvalue weighted by Gasteiger charge is 2.22. The SMILES string of the molecule is c1ccc(-c2nc(-c3ccccc3)nc(-c3ccc(-n4c5ccccc5c5cc6c7ccc8c9ccccc9oc8c7n(-c7ccccc7)c6cc54)cc3)n2)cc1. The summed E-state index contributed by atoms with van der Waals surface area (Å²) in [7, 11) is 0. The van der Waals surface area contributed by atoms with Gasteiger partial charge in [0.15, 0.2) is 23.1 Å². The summed E-state index contributed by atoms with van der Waals surface area (Å²) in [6, 6.07) is 65.5. The van der Waals surface area contributed by atoms with E-state index in [9.17, 15) is 0 Å². The second kappa shape index (κ2) is 12.3. The summed E-state index contributed by atoms with van der Waals surface area (Å²) >= 11 is 0. The van der Waals surface area contributed by atoms with E-state index in [4.69, 9.17) is 19.4 Å². The molecule has 0 bridgehead atoms. The Morgan fingerprint density at radius 2 is 0.842 bits per heavy atom. The van der Waals surface area contributed by atoms with Gasteiger partial charge in [-0.1, -0.05) is 121 Å². The van der Waals surface area contributed by atoms with Gasteiger partial charge in [-0.25, -0.2) is 15.0 Å². The summed E-state index contributed by atoms with van der Waals surface area (Å²) in [5, 5.41) is 6.96. The van der Waals surface area contributed by atoms with Gasteiger partial charge in [0, 0.05) is 60.4 Å². The molecule has 0 N–H and O–H groups in total. The lowest BCUT2D eigenvalue weighted by Crippen LogP contribution is -2.00. The van der Waals surface area contributed by atoms with E-state index >= 15 is 0 Å². The third-order valence-corrected chi connectivity index (χ3v) is 11.2. The van der Waals surface area contributed by atoms with Crippen molar-refractivity contribution < 1.29 is 4.42 Å². The number of aromatic nitrogens is 5. The molecule has 0 aliphatic heterocycles. The van der Waals surface area contributed by atoms with E-state index in [0.29, 0.717) is 17.5 Å². The number of hydrogen-bond donors (Lipinski definition) is 0. The monoisotopic (exact) mass is 729 g/mol. The Labute approximate surface area is 326 Å². The minimum Gasteiger partial charge on any atom is -0.454 e. The maximum Gasteiger partial charge on any atom is 0.164 e. The molecule has 4 aromatic heterocycles. The predicted octanol–water partition coefficient (Wildman–Crippen LogP) is 13.0. The molecule has 8 aromatic carbocycles. The molecule has 0 unspecified atom stereocenters. The zero-order valence-electron chi connectivity index (χ0n) is 30.5. The minimum absolute atomic E-state index is 0.627. The Morgan fingerprint density at radius 1 is 0.333 bits per heavy atom. The third-order valence-electron chi connectivity index (χ3n) is 11.2. The van der Waals surface area contributed by atoms with Crippen LogP contribution in [-0.4, -0.2) is 24.1 Å². The zero-order chi connectivity index (χ0) is 37.5. The second-order valence-electron chi connectivity index (χ2n) is 14.4. The Kier molecular flexibility index (Phi) is 6.83. The lowest BCUT2D eigenvalue weighted by Gasteiger charge is -2.11. The molecule has 0 saturated heterocycles. The normalized spacial score (nSPS) is 11.9. The van der Waals surface area contributed by atoms with Crippen LogP contribution in [0.4, 0.5) is 0 Å². The lowest BCUT2D eigenvalue weighted by atomic mass is 10.1. The molecule has 0 fully saturated rings. The molecule has 0 aliphatic rings. The van der Waals surface area contributed by atoms with Crippen LogP contribution in [0, 0.1) is 0 Å². The Morgan fingerprint density at radius 3 is 1.53 bits per heavy atom. The first kappa shape index (κ1) is 31.5. The van der Waals surface area contributed by atoms with Gasteiger partial charge in [-0.15, -0.1) is 0 Å². The van der Waals surface area contributed by atoms with Crippen LogP contribution in [0.3, 0.4) is 0 Å². The van der Waals surface area contributed by atoms with Gasteiger partial charge < -0.3 is 13.6 Å². The molecule has 12 rings (SSSR count). The molecule has 4 heterocycles. The van der Waals surface area contributed by atoms with E-state index in [1.54, 1.807) is 0 Å². The first-order valence-corrected chi connectivity index (χ1v) is 19.1. The summed E-state index contributed by atoms with van der Waals surface area (Å²) in [5.74, 6) is 1.91. The predicted molar refractivity (Wildman–Crippen MR) is 232 cm³/mol. The molecule has 0 saturated carbocycles. The van der Waals surface area contributed by atoms with Crippen LogP contribution >= 0.6 is 0 Å². The summed E-state index contributed by atoms with van der Waals surface area (Å²) in [6.07, 6.45) is 0. The lowest BCUT2D eigenvalue weighted by molar-refractivity contribution is 0.671. The van der Waals surface area contributed by atoms with Crippen molar-refractivity contribution in [3.05, 3.63) is 188 Å². The van der Waals surface area contributed by atoms with Crippen molar-refractivity contribution >= 4 is 65.6 Å². The Hall–Kier alpha value is -7.83. The van der Waals surface area contributed by atoms with Gasteiger partial charge in [-0.3, -0.25) is 0 Å². The topological polar surface area (TPSA) is 61.7 Å². The molecular weight excluding hydrogens is 699 g/mol. The number of rotatable bonds is 5. The fourth-order valence-corrected chi connectivity index (χ4v) is 8.56. The van der Waals surface area contributed by atoms with E-state index in [-0.39, 0.29) is 0 Å². The molecule has 6 nitrogen and oxygen atoms in total. The van der Waals surface area contributed by atoms with Crippen LogP contribution in [0.2, 0.25) is 0 Å². The first-order valence-electron chi connectivity index (χ1n) is 19.1. The molecule has 0 radical (unpaired) electrons. The maximum atomic E-state index is 6.67. The van der Waals surface area contributed by atoms with E-state index < -0.39 is 0 Å². The fourth-order valence-electron chi connectivity index (χ4n) is 8.56. The number of para-hydroxylation sites is 3. The quantitative estimate of drug-likeness (QED) is 0.177. The van der Waals surface area contributed by atoms with Gasteiger partial charge >= 0.3 is 0 Å². The molecule has 0 aliphatic carbocycles. The van der Waals surface area contributed by atoms with Crippen molar-refractivity contribution in [2.45, 2.75) is 0 Å². The van der Waals surface area contributed by atoms with Crippen LogP contribution < -0.4 is 0 Å². The summed E-state index contributed by atoms with van der Waals surface area (Å²) in [5.41, 5.74) is 11.2. The van der Waals surface area contributed by atoms with E-state index in [0.717, 1.165) is 77.5 Å². The summed E-state index contributed by atoms with van der Waals surface area (Å²) in [6.45, 7) is 0. The van der Waals surface area contributed by atoms with Gasteiger partial charge in [-0.05, 0) is 66.7 Å². The maximum absolute atomic E-state index is 6.67. The van der Waals surface area contributed by atoms with Crippen molar-refractivity contribution in [1.82, 2.24) is 24.1 Å². The molecule has 0 atom stereocenters. The van der Waals surface area contributed by atoms with Crippen LogP contribution in [0.15, 0.2) is 192 Å². The minimum atomic E-state index is 0.627. The number of furan rings is 1. The molecule has 57 heavy (non-hydrogen) atoms. The molecule has 12 aromatic rings. The zero-order valence-corrected chi connectivity index (χ0v) is 30.5. The van der Waals surface area contributed by atoms with E-state index in [2.05, 4.69) is 130 Å². The van der Waals surface area contributed by atoms with Crippen molar-refractivity contribution in [3.63, 3.8) is 0 Å². The van der Waals surface area contributed by atoms with Gasteiger partial charge in [0.05, 0.1) is 22.1 Å². The number of hydrogen-bond acceptors (Lipinski definition) is 4. The van der Waals surface area contributed by atoms with Gasteiger partial charge in [0.2, 0.25) is 0 Å². The Balaban J connectivity index is 1.08. The smallest absolute Gasteiger partial charge is 0.164 e. The van der Waals surface area contributed by atoms with Crippen LogP contribution in [0.25, 0.3) is 111 Å². The fraction of sp³-hybridized carbons (Fsp3) is 0.